The molecule has 0 spiro atoms. The molecule has 0 atom stereocenters. The molecule has 2 aromatic rings. The molecule has 2 rings (SSSR count). The molecule has 0 aliphatic carbocycles. The van der Waals surface area contributed by atoms with Gasteiger partial charge in [0, 0.05) is 5.56 Å². The fraction of sp³-hybridized carbons (Fsp3) is 0.182. The van der Waals surface area contributed by atoms with Gasteiger partial charge in [0.15, 0.2) is 5.69 Å². The molecule has 0 radical (unpaired) electrons. The number of nitrogens with one attached hydrogen (secondary N) is 1. The van der Waals surface area contributed by atoms with Gasteiger partial charge in [-0.3, -0.25) is 0 Å². The van der Waals surface area contributed by atoms with Crippen LogP contribution < -0.4 is 0 Å². The van der Waals surface area contributed by atoms with Crippen LogP contribution in [0.2, 0.25) is 0 Å². The molecule has 0 amide bonds. The molecule has 0 aliphatic rings. The Labute approximate surface area is 87.6 Å². The van der Waals surface area contributed by atoms with Crippen molar-refractivity contribution in [2.24, 2.45) is 0 Å². The molecule has 15 heavy (non-hydrogen) atoms. The Kier molecular flexibility index (Phi) is 2.22. The van der Waals surface area contributed by atoms with Crippen LogP contribution in [-0.2, 0) is 0 Å². The third-order valence-electron chi connectivity index (χ3n) is 2.29. The molecule has 1 heterocycles. The van der Waals surface area contributed by atoms with Gasteiger partial charge in [0.05, 0.1) is 0 Å². The number of benzene rings is 1. The van der Waals surface area contributed by atoms with Gasteiger partial charge in [0.25, 0.3) is 0 Å². The van der Waals surface area contributed by atoms with E-state index in [0.29, 0.717) is 11.4 Å². The molecule has 1 aromatic carbocycles. The average molecular weight is 198 g/mol. The summed E-state index contributed by atoms with van der Waals surface area (Å²) >= 11 is 0. The number of aromatic amines is 1. The van der Waals surface area contributed by atoms with Crippen LogP contribution in [0.25, 0.3) is 11.3 Å². The van der Waals surface area contributed by atoms with Gasteiger partial charge in [-0.05, 0) is 19.4 Å². The van der Waals surface area contributed by atoms with Gasteiger partial charge >= 0.3 is 0 Å². The van der Waals surface area contributed by atoms with Crippen molar-refractivity contribution < 1.29 is 0 Å². The highest BCUT2D eigenvalue weighted by molar-refractivity contribution is 5.67. The molecule has 0 saturated heterocycles. The summed E-state index contributed by atoms with van der Waals surface area (Å²) in [6.45, 7) is 4.03. The number of nitriles is 1. The second-order valence-electron chi connectivity index (χ2n) is 3.45. The number of H-pyrrole nitrogens is 1. The Balaban J connectivity index is 2.60. The molecule has 1 N–H and O–H groups in total. The fourth-order valence-corrected chi connectivity index (χ4v) is 1.58. The highest BCUT2D eigenvalue weighted by atomic mass is 15.3. The number of hydrogen-bond donors (Lipinski definition) is 1. The molecular formula is C11H10N4. The first-order valence-corrected chi connectivity index (χ1v) is 4.61. The van der Waals surface area contributed by atoms with Crippen LogP contribution >= 0.6 is 0 Å². The maximum atomic E-state index is 8.84. The number of aryl methyl sites for hydroxylation is 2. The van der Waals surface area contributed by atoms with E-state index in [4.69, 9.17) is 5.26 Å². The second-order valence-corrected chi connectivity index (χ2v) is 3.45. The van der Waals surface area contributed by atoms with E-state index in [1.165, 1.54) is 5.56 Å². The third kappa shape index (κ3) is 1.59. The summed E-state index contributed by atoms with van der Waals surface area (Å²) in [4.78, 5) is 0. The van der Waals surface area contributed by atoms with E-state index in [1.54, 1.807) is 0 Å². The summed E-state index contributed by atoms with van der Waals surface area (Å²) < 4.78 is 0. The molecule has 0 aliphatic heterocycles. The Hall–Kier alpha value is -2.15. The van der Waals surface area contributed by atoms with Gasteiger partial charge in [0.1, 0.15) is 11.8 Å². The summed E-state index contributed by atoms with van der Waals surface area (Å²) in [5.41, 5.74) is 4.20. The van der Waals surface area contributed by atoms with Gasteiger partial charge in [-0.15, -0.1) is 5.10 Å². The largest absolute Gasteiger partial charge is 0.196 e. The lowest BCUT2D eigenvalue weighted by atomic mass is 10.0. The lowest BCUT2D eigenvalue weighted by Crippen LogP contribution is -1.87. The summed E-state index contributed by atoms with van der Waals surface area (Å²) in [6.07, 6.45) is 0. The molecule has 0 unspecified atom stereocenters. The molecule has 0 saturated carbocycles. The normalized spacial score (nSPS) is 9.93. The lowest BCUT2D eigenvalue weighted by Gasteiger charge is -2.03. The third-order valence-corrected chi connectivity index (χ3v) is 2.29. The highest BCUT2D eigenvalue weighted by Gasteiger charge is 2.11. The monoisotopic (exact) mass is 198 g/mol. The summed E-state index contributed by atoms with van der Waals surface area (Å²) in [6, 6.07) is 8.03. The Morgan fingerprint density at radius 1 is 1.27 bits per heavy atom. The smallest absolute Gasteiger partial charge is 0.190 e. The van der Waals surface area contributed by atoms with E-state index in [0.717, 1.165) is 11.1 Å². The predicted molar refractivity (Wildman–Crippen MR) is 56.0 cm³/mol. The zero-order valence-corrected chi connectivity index (χ0v) is 8.57. The Bertz CT molecular complexity index is 534. The van der Waals surface area contributed by atoms with E-state index in [1.807, 2.05) is 32.0 Å². The quantitative estimate of drug-likeness (QED) is 0.761. The van der Waals surface area contributed by atoms with E-state index >= 15 is 0 Å². The SMILES string of the molecule is Cc1ccc(-c2n[nH]nc2C#N)c(C)c1. The van der Waals surface area contributed by atoms with Crippen molar-refractivity contribution in [3.05, 3.63) is 35.0 Å². The standard InChI is InChI=1S/C11H10N4/c1-7-3-4-9(8(2)5-7)11-10(6-12)13-15-14-11/h3-5H,1-2H3,(H,13,14,15). The zero-order valence-electron chi connectivity index (χ0n) is 8.57. The van der Waals surface area contributed by atoms with Gasteiger partial charge in [-0.2, -0.15) is 15.6 Å². The average Bonchev–Trinajstić information content (AvgIpc) is 2.65. The zero-order chi connectivity index (χ0) is 10.8. The minimum Gasteiger partial charge on any atom is -0.196 e. The van der Waals surface area contributed by atoms with Gasteiger partial charge in [0.2, 0.25) is 0 Å². The Morgan fingerprint density at radius 2 is 2.07 bits per heavy atom. The van der Waals surface area contributed by atoms with Crippen molar-refractivity contribution in [1.82, 2.24) is 15.4 Å². The number of hydrogen-bond acceptors (Lipinski definition) is 3. The maximum absolute atomic E-state index is 8.84. The van der Waals surface area contributed by atoms with Crippen LogP contribution in [0.5, 0.6) is 0 Å². The minimum absolute atomic E-state index is 0.335. The molecule has 4 heteroatoms. The predicted octanol–water partition coefficient (Wildman–Crippen LogP) is 1.96. The second kappa shape index (κ2) is 3.54. The molecule has 74 valence electrons. The maximum Gasteiger partial charge on any atom is 0.190 e. The molecule has 0 fully saturated rings. The summed E-state index contributed by atoms with van der Waals surface area (Å²) in [5.74, 6) is 0. The van der Waals surface area contributed by atoms with Crippen LogP contribution in [0.15, 0.2) is 18.2 Å². The number of rotatable bonds is 1. The van der Waals surface area contributed by atoms with E-state index in [2.05, 4.69) is 21.5 Å². The number of nitrogens with zero attached hydrogens (tertiary/aromatic N) is 3. The summed E-state index contributed by atoms with van der Waals surface area (Å²) in [5, 5.41) is 19.1. The van der Waals surface area contributed by atoms with Crippen LogP contribution in [0.1, 0.15) is 16.8 Å². The van der Waals surface area contributed by atoms with Gasteiger partial charge < -0.3 is 0 Å². The van der Waals surface area contributed by atoms with Gasteiger partial charge in [-0.25, -0.2) is 0 Å². The van der Waals surface area contributed by atoms with Crippen molar-refractivity contribution in [3.8, 4) is 17.3 Å². The van der Waals surface area contributed by atoms with Crippen LogP contribution in [-0.4, -0.2) is 15.4 Å². The fourth-order valence-electron chi connectivity index (χ4n) is 1.58. The van der Waals surface area contributed by atoms with E-state index in [9.17, 15) is 0 Å². The topological polar surface area (TPSA) is 65.4 Å². The summed E-state index contributed by atoms with van der Waals surface area (Å²) in [7, 11) is 0. The molecular weight excluding hydrogens is 188 g/mol. The van der Waals surface area contributed by atoms with Crippen LogP contribution in [0.3, 0.4) is 0 Å². The number of aromatic nitrogens is 3. The molecule has 0 bridgehead atoms. The first-order chi connectivity index (χ1) is 7.22. The first-order valence-electron chi connectivity index (χ1n) is 4.61. The highest BCUT2D eigenvalue weighted by Crippen LogP contribution is 2.23. The van der Waals surface area contributed by atoms with Crippen molar-refractivity contribution in [2.45, 2.75) is 13.8 Å². The van der Waals surface area contributed by atoms with E-state index in [-0.39, 0.29) is 0 Å². The first kappa shape index (κ1) is 9.41. The molecule has 1 aromatic heterocycles. The minimum atomic E-state index is 0.335. The van der Waals surface area contributed by atoms with Crippen molar-refractivity contribution >= 4 is 0 Å². The van der Waals surface area contributed by atoms with Crippen LogP contribution in [0.4, 0.5) is 0 Å². The van der Waals surface area contributed by atoms with Crippen molar-refractivity contribution in [1.29, 1.82) is 5.26 Å². The van der Waals surface area contributed by atoms with Crippen molar-refractivity contribution in [2.75, 3.05) is 0 Å². The Morgan fingerprint density at radius 3 is 2.73 bits per heavy atom. The lowest BCUT2D eigenvalue weighted by molar-refractivity contribution is 0.937. The molecule has 4 nitrogen and oxygen atoms in total. The van der Waals surface area contributed by atoms with Gasteiger partial charge in [-0.1, -0.05) is 23.8 Å². The van der Waals surface area contributed by atoms with E-state index < -0.39 is 0 Å². The van der Waals surface area contributed by atoms with Crippen molar-refractivity contribution in [3.63, 3.8) is 0 Å². The van der Waals surface area contributed by atoms with Crippen LogP contribution in [0, 0.1) is 25.2 Å².